The number of Topliss-reactive ketones (excluding diaryl/α,β-unsaturated/α-hetero) is 1. The normalized spacial score (nSPS) is 11.8. The summed E-state index contributed by atoms with van der Waals surface area (Å²) < 4.78 is 4.55. The van der Waals surface area contributed by atoms with Crippen LogP contribution >= 0.6 is 0 Å². The van der Waals surface area contributed by atoms with Gasteiger partial charge >= 0.3 is 6.47 Å². The van der Waals surface area contributed by atoms with Crippen molar-refractivity contribution in [2.75, 3.05) is 6.54 Å². The van der Waals surface area contributed by atoms with Crippen molar-refractivity contribution >= 4 is 12.3 Å². The molecule has 0 aliphatic heterocycles. The van der Waals surface area contributed by atoms with E-state index in [1.54, 1.807) is 30.3 Å². The lowest BCUT2D eigenvalue weighted by Crippen LogP contribution is -2.23. The Balaban J connectivity index is 2.88. The summed E-state index contributed by atoms with van der Waals surface area (Å²) in [6.07, 6.45) is -0.932. The maximum absolute atomic E-state index is 11.3. The minimum absolute atomic E-state index is 0.165. The second-order valence-electron chi connectivity index (χ2n) is 2.66. The van der Waals surface area contributed by atoms with Crippen molar-refractivity contribution < 1.29 is 14.3 Å². The largest absolute Gasteiger partial charge is 0.441 e. The summed E-state index contributed by atoms with van der Waals surface area (Å²) in [7, 11) is 0. The lowest BCUT2D eigenvalue weighted by atomic mass is 10.1. The Bertz CT molecular complexity index is 310. The Kier molecular flexibility index (Phi) is 3.82. The highest BCUT2D eigenvalue weighted by atomic mass is 16.5. The summed E-state index contributed by atoms with van der Waals surface area (Å²) in [5.74, 6) is -0.348. The molecule has 0 amide bonds. The predicted molar refractivity (Wildman–Crippen MR) is 50.0 cm³/mol. The number of benzene rings is 1. The van der Waals surface area contributed by atoms with Crippen LogP contribution in [-0.2, 0) is 14.3 Å². The molecule has 1 aromatic carbocycles. The topological polar surface area (TPSA) is 69.4 Å². The Labute approximate surface area is 81.7 Å². The van der Waals surface area contributed by atoms with Gasteiger partial charge in [0, 0.05) is 5.56 Å². The highest BCUT2D eigenvalue weighted by Gasteiger charge is 2.20. The molecule has 0 spiro atoms. The Morgan fingerprint density at radius 3 is 2.57 bits per heavy atom. The fraction of sp³-hybridized carbons (Fsp3) is 0.200. The minimum Gasteiger partial charge on any atom is -0.441 e. The molecule has 1 rings (SSSR count). The summed E-state index contributed by atoms with van der Waals surface area (Å²) in [4.78, 5) is 21.3. The number of hydrogen-bond acceptors (Lipinski definition) is 4. The summed E-state index contributed by atoms with van der Waals surface area (Å²) >= 11 is 0. The van der Waals surface area contributed by atoms with Crippen molar-refractivity contribution in [3.05, 3.63) is 35.9 Å². The zero-order valence-electron chi connectivity index (χ0n) is 7.47. The molecular weight excluding hydrogens is 182 g/mol. The smallest absolute Gasteiger partial charge is 0.418 e. The molecule has 14 heavy (non-hydrogen) atoms. The molecule has 73 valence electrons. The first-order valence-electron chi connectivity index (χ1n) is 4.10. The van der Waals surface area contributed by atoms with Crippen LogP contribution in [0.25, 0.3) is 0 Å². The molecule has 0 aliphatic carbocycles. The molecule has 0 bridgehead atoms. The van der Waals surface area contributed by atoms with Crippen molar-refractivity contribution in [3.8, 4) is 0 Å². The Morgan fingerprint density at radius 1 is 1.43 bits per heavy atom. The average Bonchev–Trinajstić information content (AvgIpc) is 2.26. The van der Waals surface area contributed by atoms with Crippen LogP contribution in [-0.4, -0.2) is 18.8 Å². The van der Waals surface area contributed by atoms with E-state index in [0.29, 0.717) is 5.56 Å². The highest BCUT2D eigenvalue weighted by molar-refractivity contribution is 5.86. The zero-order valence-corrected chi connectivity index (χ0v) is 7.47. The van der Waals surface area contributed by atoms with Crippen molar-refractivity contribution in [2.45, 2.75) is 6.10 Å². The molecular formula is C10H10NO3. The van der Waals surface area contributed by atoms with Gasteiger partial charge in [-0.1, -0.05) is 30.3 Å². The first-order chi connectivity index (χ1) is 6.79. The molecule has 1 unspecified atom stereocenters. The summed E-state index contributed by atoms with van der Waals surface area (Å²) in [5.41, 5.74) is 5.78. The third-order valence-corrected chi connectivity index (χ3v) is 1.76. The standard InChI is InChI=1S/C10H10NO3/c11-6-9(13)10(14-7-12)8-4-2-1-3-5-8/h1-5,10H,6,11H2. The van der Waals surface area contributed by atoms with Crippen molar-refractivity contribution in [3.63, 3.8) is 0 Å². The quantitative estimate of drug-likeness (QED) is 0.730. The summed E-state index contributed by atoms with van der Waals surface area (Å²) in [6.45, 7) is 1.09. The number of ether oxygens (including phenoxy) is 1. The molecule has 0 saturated heterocycles. The molecule has 1 aromatic rings. The van der Waals surface area contributed by atoms with Gasteiger partial charge in [-0.05, 0) is 0 Å². The molecule has 4 heteroatoms. The number of carbonyl (C=O) groups is 1. The fourth-order valence-corrected chi connectivity index (χ4v) is 1.10. The molecule has 1 atom stereocenters. The second kappa shape index (κ2) is 5.14. The SMILES string of the molecule is NCC(=O)C(O[C]=O)c1ccccc1. The Morgan fingerprint density at radius 2 is 2.07 bits per heavy atom. The van der Waals surface area contributed by atoms with Gasteiger partial charge in [0.1, 0.15) is 0 Å². The molecule has 2 N–H and O–H groups in total. The third kappa shape index (κ3) is 2.40. The molecule has 1 radical (unpaired) electrons. The number of carbonyl (C=O) groups excluding carboxylic acids is 2. The number of nitrogens with two attached hydrogens (primary N) is 1. The third-order valence-electron chi connectivity index (χ3n) is 1.76. The van der Waals surface area contributed by atoms with Gasteiger partial charge in [0.05, 0.1) is 6.54 Å². The van der Waals surface area contributed by atoms with Gasteiger partial charge in [-0.25, -0.2) is 4.79 Å². The van der Waals surface area contributed by atoms with E-state index in [1.807, 2.05) is 0 Å². The summed E-state index contributed by atoms with van der Waals surface area (Å²) in [6, 6.07) is 8.68. The lowest BCUT2D eigenvalue weighted by Gasteiger charge is -2.11. The molecule has 0 fully saturated rings. The Hall–Kier alpha value is -1.68. The van der Waals surface area contributed by atoms with Crippen LogP contribution in [0.4, 0.5) is 0 Å². The number of ketones is 1. The predicted octanol–water partition coefficient (Wildman–Crippen LogP) is 0.339. The van der Waals surface area contributed by atoms with Crippen molar-refractivity contribution in [1.29, 1.82) is 0 Å². The number of hydrogen-bond donors (Lipinski definition) is 1. The highest BCUT2D eigenvalue weighted by Crippen LogP contribution is 2.16. The first kappa shape index (κ1) is 10.4. The van der Waals surface area contributed by atoms with Gasteiger partial charge in [-0.15, -0.1) is 0 Å². The maximum Gasteiger partial charge on any atom is 0.418 e. The minimum atomic E-state index is -0.932. The number of rotatable bonds is 5. The van der Waals surface area contributed by atoms with E-state index in [-0.39, 0.29) is 12.3 Å². The average molecular weight is 192 g/mol. The van der Waals surface area contributed by atoms with E-state index in [2.05, 4.69) is 4.74 Å². The molecule has 0 saturated carbocycles. The van der Waals surface area contributed by atoms with Crippen LogP contribution in [0.1, 0.15) is 11.7 Å². The first-order valence-corrected chi connectivity index (χ1v) is 4.10. The van der Waals surface area contributed by atoms with Gasteiger partial charge in [-0.2, -0.15) is 0 Å². The van der Waals surface area contributed by atoms with Gasteiger partial charge in [0.2, 0.25) is 0 Å². The van der Waals surface area contributed by atoms with E-state index in [9.17, 15) is 9.59 Å². The monoisotopic (exact) mass is 192 g/mol. The molecule has 4 nitrogen and oxygen atoms in total. The van der Waals surface area contributed by atoms with Crippen LogP contribution in [0.2, 0.25) is 0 Å². The molecule has 0 aromatic heterocycles. The van der Waals surface area contributed by atoms with Crippen LogP contribution in [0, 0.1) is 0 Å². The molecule has 0 heterocycles. The maximum atomic E-state index is 11.3. The van der Waals surface area contributed by atoms with Gasteiger partial charge in [0.25, 0.3) is 0 Å². The van der Waals surface area contributed by atoms with E-state index < -0.39 is 6.10 Å². The van der Waals surface area contributed by atoms with Crippen LogP contribution in [0.5, 0.6) is 0 Å². The van der Waals surface area contributed by atoms with E-state index in [4.69, 9.17) is 5.73 Å². The van der Waals surface area contributed by atoms with E-state index >= 15 is 0 Å². The lowest BCUT2D eigenvalue weighted by molar-refractivity contribution is -0.125. The van der Waals surface area contributed by atoms with E-state index in [1.165, 1.54) is 6.47 Å². The van der Waals surface area contributed by atoms with Gasteiger partial charge in [0.15, 0.2) is 11.9 Å². The van der Waals surface area contributed by atoms with Gasteiger partial charge < -0.3 is 10.5 Å². The van der Waals surface area contributed by atoms with Crippen LogP contribution < -0.4 is 5.73 Å². The fourth-order valence-electron chi connectivity index (χ4n) is 1.10. The molecule has 0 aliphatic rings. The summed E-state index contributed by atoms with van der Waals surface area (Å²) in [5, 5.41) is 0. The van der Waals surface area contributed by atoms with Gasteiger partial charge in [-0.3, -0.25) is 4.79 Å². The zero-order chi connectivity index (χ0) is 10.4. The van der Waals surface area contributed by atoms with Crippen LogP contribution in [0.15, 0.2) is 30.3 Å². The van der Waals surface area contributed by atoms with Crippen molar-refractivity contribution in [2.24, 2.45) is 5.73 Å². The van der Waals surface area contributed by atoms with Crippen molar-refractivity contribution in [1.82, 2.24) is 0 Å². The van der Waals surface area contributed by atoms with E-state index in [0.717, 1.165) is 0 Å². The van der Waals surface area contributed by atoms with Crippen LogP contribution in [0.3, 0.4) is 0 Å². The second-order valence-corrected chi connectivity index (χ2v) is 2.66.